The third-order valence-electron chi connectivity index (χ3n) is 4.82. The van der Waals surface area contributed by atoms with E-state index in [1.165, 1.54) is 58.4 Å². The van der Waals surface area contributed by atoms with Crippen molar-refractivity contribution in [1.82, 2.24) is 15.1 Å². The summed E-state index contributed by atoms with van der Waals surface area (Å²) in [6.07, 6.45) is 5.63. The molecule has 0 aromatic carbocycles. The zero-order chi connectivity index (χ0) is 12.9. The van der Waals surface area contributed by atoms with Gasteiger partial charge in [0.05, 0.1) is 13.2 Å². The maximum absolute atomic E-state index is 5.43. The van der Waals surface area contributed by atoms with Gasteiger partial charge in [0, 0.05) is 38.8 Å². The van der Waals surface area contributed by atoms with Crippen LogP contribution in [0.2, 0.25) is 0 Å². The summed E-state index contributed by atoms with van der Waals surface area (Å²) < 4.78 is 5.43. The molecule has 1 saturated carbocycles. The molecule has 110 valence electrons. The number of hydrogen-bond donors (Lipinski definition) is 1. The SMILES string of the molecule is C1CC(CN(CCN2CCOCC2)C2CC2)CCN1. The Morgan fingerprint density at radius 1 is 1.05 bits per heavy atom. The Morgan fingerprint density at radius 3 is 2.47 bits per heavy atom. The molecule has 0 amide bonds. The van der Waals surface area contributed by atoms with Crippen LogP contribution in [0.15, 0.2) is 0 Å². The van der Waals surface area contributed by atoms with E-state index >= 15 is 0 Å². The van der Waals surface area contributed by atoms with Gasteiger partial charge in [-0.3, -0.25) is 9.80 Å². The maximum Gasteiger partial charge on any atom is 0.0594 e. The average Bonchev–Trinajstić information content (AvgIpc) is 3.30. The molecule has 1 aliphatic carbocycles. The largest absolute Gasteiger partial charge is 0.379 e. The fourth-order valence-electron chi connectivity index (χ4n) is 3.35. The Labute approximate surface area is 117 Å². The molecule has 19 heavy (non-hydrogen) atoms. The third-order valence-corrected chi connectivity index (χ3v) is 4.82. The predicted molar refractivity (Wildman–Crippen MR) is 77.4 cm³/mol. The summed E-state index contributed by atoms with van der Waals surface area (Å²) in [5.41, 5.74) is 0. The molecule has 2 aliphatic heterocycles. The molecule has 0 atom stereocenters. The van der Waals surface area contributed by atoms with Gasteiger partial charge < -0.3 is 10.1 Å². The van der Waals surface area contributed by atoms with E-state index in [0.717, 1.165) is 38.3 Å². The summed E-state index contributed by atoms with van der Waals surface area (Å²) in [6, 6.07) is 0.913. The Bertz CT molecular complexity index is 258. The molecule has 0 unspecified atom stereocenters. The van der Waals surface area contributed by atoms with Gasteiger partial charge in [0.2, 0.25) is 0 Å². The van der Waals surface area contributed by atoms with E-state index in [9.17, 15) is 0 Å². The standard InChI is InChI=1S/C15H29N3O/c1-2-15(1)18(13-14-3-5-16-6-4-14)8-7-17-9-11-19-12-10-17/h14-16H,1-13H2. The molecule has 3 aliphatic rings. The van der Waals surface area contributed by atoms with E-state index in [2.05, 4.69) is 15.1 Å². The first kappa shape index (κ1) is 13.8. The van der Waals surface area contributed by atoms with Crippen LogP contribution in [0.4, 0.5) is 0 Å². The summed E-state index contributed by atoms with van der Waals surface area (Å²) in [7, 11) is 0. The molecule has 3 rings (SSSR count). The lowest BCUT2D eigenvalue weighted by Gasteiger charge is -2.33. The van der Waals surface area contributed by atoms with Crippen molar-refractivity contribution in [2.24, 2.45) is 5.92 Å². The molecule has 4 heteroatoms. The zero-order valence-electron chi connectivity index (χ0n) is 12.1. The van der Waals surface area contributed by atoms with Gasteiger partial charge in [-0.1, -0.05) is 0 Å². The smallest absolute Gasteiger partial charge is 0.0594 e. The van der Waals surface area contributed by atoms with E-state index in [-0.39, 0.29) is 0 Å². The number of ether oxygens (including phenoxy) is 1. The van der Waals surface area contributed by atoms with Crippen LogP contribution in [0.25, 0.3) is 0 Å². The highest BCUT2D eigenvalue weighted by molar-refractivity contribution is 4.87. The first-order valence-corrected chi connectivity index (χ1v) is 8.17. The van der Waals surface area contributed by atoms with Crippen LogP contribution in [0.1, 0.15) is 25.7 Å². The number of piperidine rings is 1. The predicted octanol–water partition coefficient (Wildman–Crippen LogP) is 0.783. The van der Waals surface area contributed by atoms with Gasteiger partial charge in [-0.05, 0) is 44.7 Å². The Balaban J connectivity index is 1.41. The van der Waals surface area contributed by atoms with Crippen LogP contribution in [0.5, 0.6) is 0 Å². The van der Waals surface area contributed by atoms with Gasteiger partial charge in [-0.2, -0.15) is 0 Å². The highest BCUT2D eigenvalue weighted by Crippen LogP contribution is 2.28. The normalized spacial score (nSPS) is 27.0. The van der Waals surface area contributed by atoms with Gasteiger partial charge in [0.25, 0.3) is 0 Å². The monoisotopic (exact) mass is 267 g/mol. The molecule has 4 nitrogen and oxygen atoms in total. The van der Waals surface area contributed by atoms with Crippen molar-refractivity contribution < 1.29 is 4.74 Å². The molecule has 3 fully saturated rings. The molecule has 0 aromatic rings. The molecular formula is C15H29N3O. The molecule has 1 N–H and O–H groups in total. The van der Waals surface area contributed by atoms with E-state index in [0.29, 0.717) is 0 Å². The van der Waals surface area contributed by atoms with Crippen molar-refractivity contribution >= 4 is 0 Å². The second kappa shape index (κ2) is 7.02. The topological polar surface area (TPSA) is 27.7 Å². The van der Waals surface area contributed by atoms with Crippen LogP contribution in [0.3, 0.4) is 0 Å². The van der Waals surface area contributed by atoms with Gasteiger partial charge in [-0.15, -0.1) is 0 Å². The number of hydrogen-bond acceptors (Lipinski definition) is 4. The van der Waals surface area contributed by atoms with Crippen molar-refractivity contribution in [3.05, 3.63) is 0 Å². The quantitative estimate of drug-likeness (QED) is 0.770. The summed E-state index contributed by atoms with van der Waals surface area (Å²) in [5, 5.41) is 3.48. The lowest BCUT2D eigenvalue weighted by molar-refractivity contribution is 0.0317. The van der Waals surface area contributed by atoms with E-state index in [4.69, 9.17) is 4.74 Å². The van der Waals surface area contributed by atoms with Crippen molar-refractivity contribution in [3.8, 4) is 0 Å². The molecule has 2 heterocycles. The Kier molecular flexibility index (Phi) is 5.10. The van der Waals surface area contributed by atoms with Crippen molar-refractivity contribution in [2.45, 2.75) is 31.7 Å². The summed E-state index contributed by atoms with van der Waals surface area (Å²) in [4.78, 5) is 5.35. The minimum atomic E-state index is 0.913. The molecule has 0 radical (unpaired) electrons. The lowest BCUT2D eigenvalue weighted by Crippen LogP contribution is -2.44. The summed E-state index contributed by atoms with van der Waals surface area (Å²) in [5.74, 6) is 0.937. The molecule has 2 saturated heterocycles. The first-order chi connectivity index (χ1) is 9.42. The van der Waals surface area contributed by atoms with Crippen molar-refractivity contribution in [1.29, 1.82) is 0 Å². The lowest BCUT2D eigenvalue weighted by atomic mass is 9.97. The second-order valence-corrected chi connectivity index (χ2v) is 6.37. The fourth-order valence-corrected chi connectivity index (χ4v) is 3.35. The maximum atomic E-state index is 5.43. The third kappa shape index (κ3) is 4.42. The highest BCUT2D eigenvalue weighted by atomic mass is 16.5. The van der Waals surface area contributed by atoms with Gasteiger partial charge in [0.15, 0.2) is 0 Å². The minimum Gasteiger partial charge on any atom is -0.379 e. The summed E-state index contributed by atoms with van der Waals surface area (Å²) in [6.45, 7) is 10.4. The van der Waals surface area contributed by atoms with Crippen LogP contribution in [-0.4, -0.2) is 74.9 Å². The second-order valence-electron chi connectivity index (χ2n) is 6.37. The van der Waals surface area contributed by atoms with E-state index in [1.807, 2.05) is 0 Å². The van der Waals surface area contributed by atoms with Gasteiger partial charge in [-0.25, -0.2) is 0 Å². The number of nitrogens with one attached hydrogen (secondary N) is 1. The minimum absolute atomic E-state index is 0.913. The number of rotatable bonds is 6. The average molecular weight is 267 g/mol. The van der Waals surface area contributed by atoms with E-state index < -0.39 is 0 Å². The molecule has 0 aromatic heterocycles. The fraction of sp³-hybridized carbons (Fsp3) is 1.00. The number of morpholine rings is 1. The zero-order valence-corrected chi connectivity index (χ0v) is 12.1. The molecule has 0 bridgehead atoms. The van der Waals surface area contributed by atoms with Gasteiger partial charge >= 0.3 is 0 Å². The first-order valence-electron chi connectivity index (χ1n) is 8.17. The highest BCUT2D eigenvalue weighted by Gasteiger charge is 2.31. The molecular weight excluding hydrogens is 238 g/mol. The van der Waals surface area contributed by atoms with Crippen LogP contribution >= 0.6 is 0 Å². The van der Waals surface area contributed by atoms with Crippen LogP contribution in [-0.2, 0) is 4.74 Å². The number of nitrogens with zero attached hydrogens (tertiary/aromatic N) is 2. The van der Waals surface area contributed by atoms with Crippen LogP contribution < -0.4 is 5.32 Å². The van der Waals surface area contributed by atoms with Gasteiger partial charge in [0.1, 0.15) is 0 Å². The van der Waals surface area contributed by atoms with Crippen molar-refractivity contribution in [3.63, 3.8) is 0 Å². The molecule has 0 spiro atoms. The van der Waals surface area contributed by atoms with E-state index in [1.54, 1.807) is 0 Å². The Morgan fingerprint density at radius 2 is 1.79 bits per heavy atom. The Hall–Kier alpha value is -0.160. The van der Waals surface area contributed by atoms with Crippen LogP contribution in [0, 0.1) is 5.92 Å². The van der Waals surface area contributed by atoms with Crippen molar-refractivity contribution in [2.75, 3.05) is 59.0 Å². The summed E-state index contributed by atoms with van der Waals surface area (Å²) >= 11 is 0.